The summed E-state index contributed by atoms with van der Waals surface area (Å²) in [6.45, 7) is -0.302. The Morgan fingerprint density at radius 3 is 2.38 bits per heavy atom. The van der Waals surface area contributed by atoms with Crippen molar-refractivity contribution < 1.29 is 27.1 Å². The minimum absolute atomic E-state index is 0.0329. The Balaban J connectivity index is 1.83. The highest BCUT2D eigenvalue weighted by Gasteiger charge is 2.29. The van der Waals surface area contributed by atoms with Crippen molar-refractivity contribution in [3.8, 4) is 5.75 Å². The number of ether oxygens (including phenoxy) is 1. The number of benzene rings is 2. The lowest BCUT2D eigenvalue weighted by Gasteiger charge is -2.10. The molecule has 0 aliphatic carbocycles. The summed E-state index contributed by atoms with van der Waals surface area (Å²) >= 11 is 5.75. The first-order valence-electron chi connectivity index (χ1n) is 6.76. The van der Waals surface area contributed by atoms with Crippen molar-refractivity contribution in [2.75, 3.05) is 6.61 Å². The largest absolute Gasteiger partial charge is 0.482 e. The van der Waals surface area contributed by atoms with Gasteiger partial charge in [0.15, 0.2) is 6.61 Å². The van der Waals surface area contributed by atoms with Crippen molar-refractivity contribution in [1.82, 2.24) is 5.32 Å². The molecule has 8 heteroatoms. The summed E-state index contributed by atoms with van der Waals surface area (Å²) in [5.74, 6) is -0.864. The second-order valence-corrected chi connectivity index (χ2v) is 5.24. The molecule has 0 bridgehead atoms. The highest BCUT2D eigenvalue weighted by molar-refractivity contribution is 6.32. The fraction of sp³-hybridized carbons (Fsp3) is 0.188. The number of halogens is 5. The van der Waals surface area contributed by atoms with E-state index >= 15 is 0 Å². The van der Waals surface area contributed by atoms with Gasteiger partial charge in [-0.05, 0) is 35.9 Å². The first-order chi connectivity index (χ1) is 11.3. The Bertz CT molecular complexity index is 717. The molecule has 128 valence electrons. The minimum Gasteiger partial charge on any atom is -0.482 e. The topological polar surface area (TPSA) is 38.3 Å². The van der Waals surface area contributed by atoms with E-state index in [4.69, 9.17) is 16.3 Å². The predicted octanol–water partition coefficient (Wildman–Crippen LogP) is 4.19. The number of carbonyl (C=O) groups is 1. The zero-order chi connectivity index (χ0) is 17.7. The lowest BCUT2D eigenvalue weighted by Crippen LogP contribution is -2.28. The number of rotatable bonds is 5. The van der Waals surface area contributed by atoms with Crippen LogP contribution in [-0.2, 0) is 17.5 Å². The first-order valence-corrected chi connectivity index (χ1v) is 7.14. The Hall–Kier alpha value is -2.28. The van der Waals surface area contributed by atoms with Gasteiger partial charge in [0.1, 0.15) is 11.6 Å². The summed E-state index contributed by atoms with van der Waals surface area (Å²) in [5.41, 5.74) is -0.247. The number of carbonyl (C=O) groups excluding carboxylic acids is 1. The first kappa shape index (κ1) is 18.1. The molecule has 0 aliphatic heterocycles. The summed E-state index contributed by atoms with van der Waals surface area (Å²) in [4.78, 5) is 11.7. The monoisotopic (exact) mass is 361 g/mol. The van der Waals surface area contributed by atoms with E-state index in [0.717, 1.165) is 24.3 Å². The highest BCUT2D eigenvalue weighted by Crippen LogP contribution is 2.29. The van der Waals surface area contributed by atoms with Gasteiger partial charge in [-0.3, -0.25) is 4.79 Å². The third-order valence-corrected chi connectivity index (χ3v) is 3.32. The van der Waals surface area contributed by atoms with Gasteiger partial charge in [0.25, 0.3) is 5.91 Å². The van der Waals surface area contributed by atoms with Crippen molar-refractivity contribution in [3.63, 3.8) is 0 Å². The molecule has 0 radical (unpaired) electrons. The zero-order valence-electron chi connectivity index (χ0n) is 12.2. The summed E-state index contributed by atoms with van der Waals surface area (Å²) in [6.07, 6.45) is -4.40. The van der Waals surface area contributed by atoms with Crippen LogP contribution in [-0.4, -0.2) is 12.5 Å². The van der Waals surface area contributed by atoms with Gasteiger partial charge in [0.05, 0.1) is 10.6 Å². The van der Waals surface area contributed by atoms with Crippen LogP contribution in [0.1, 0.15) is 11.1 Å². The molecule has 0 atom stereocenters. The number of hydrogen-bond acceptors (Lipinski definition) is 2. The third-order valence-electron chi connectivity index (χ3n) is 3.02. The van der Waals surface area contributed by atoms with Crippen LogP contribution in [0.15, 0.2) is 42.5 Å². The van der Waals surface area contributed by atoms with E-state index < -0.39 is 23.5 Å². The fourth-order valence-corrected chi connectivity index (χ4v) is 2.02. The molecule has 0 fully saturated rings. The molecule has 0 unspecified atom stereocenters. The van der Waals surface area contributed by atoms with Crippen molar-refractivity contribution in [2.45, 2.75) is 12.7 Å². The van der Waals surface area contributed by atoms with Crippen LogP contribution in [0.2, 0.25) is 5.02 Å². The van der Waals surface area contributed by atoms with Crippen molar-refractivity contribution >= 4 is 17.5 Å². The van der Waals surface area contributed by atoms with Crippen molar-refractivity contribution in [2.24, 2.45) is 0 Å². The SMILES string of the molecule is O=C(COc1ccc(F)cc1Cl)NCc1ccc(C(F)(F)F)cc1. The average Bonchev–Trinajstić information content (AvgIpc) is 2.51. The van der Waals surface area contributed by atoms with Crippen LogP contribution < -0.4 is 10.1 Å². The van der Waals surface area contributed by atoms with Crippen LogP contribution in [0.4, 0.5) is 17.6 Å². The fourth-order valence-electron chi connectivity index (χ4n) is 1.80. The van der Waals surface area contributed by atoms with E-state index in [1.165, 1.54) is 18.2 Å². The van der Waals surface area contributed by atoms with Gasteiger partial charge in [-0.25, -0.2) is 4.39 Å². The normalized spacial score (nSPS) is 11.2. The van der Waals surface area contributed by atoms with E-state index in [9.17, 15) is 22.4 Å². The smallest absolute Gasteiger partial charge is 0.416 e. The molecule has 1 N–H and O–H groups in total. The molecular weight excluding hydrogens is 350 g/mol. The molecule has 0 spiro atoms. The molecule has 0 aliphatic rings. The van der Waals surface area contributed by atoms with Gasteiger partial charge < -0.3 is 10.1 Å². The molecule has 24 heavy (non-hydrogen) atoms. The van der Waals surface area contributed by atoms with Crippen LogP contribution in [0, 0.1) is 5.82 Å². The van der Waals surface area contributed by atoms with Crippen LogP contribution >= 0.6 is 11.6 Å². The van der Waals surface area contributed by atoms with E-state index in [0.29, 0.717) is 5.56 Å². The molecule has 1 amide bonds. The van der Waals surface area contributed by atoms with Gasteiger partial charge in [-0.15, -0.1) is 0 Å². The van der Waals surface area contributed by atoms with E-state index in [1.54, 1.807) is 0 Å². The van der Waals surface area contributed by atoms with Crippen molar-refractivity contribution in [1.29, 1.82) is 0 Å². The number of amides is 1. The van der Waals surface area contributed by atoms with Gasteiger partial charge >= 0.3 is 6.18 Å². The quantitative estimate of drug-likeness (QED) is 0.811. The Kier molecular flexibility index (Phi) is 5.66. The molecule has 0 saturated carbocycles. The average molecular weight is 362 g/mol. The third kappa shape index (κ3) is 5.13. The molecule has 0 heterocycles. The molecule has 0 aromatic heterocycles. The maximum atomic E-state index is 12.9. The second kappa shape index (κ2) is 7.53. The molecule has 2 aromatic carbocycles. The number of alkyl halides is 3. The number of nitrogens with one attached hydrogen (secondary N) is 1. The van der Waals surface area contributed by atoms with Gasteiger partial charge in [-0.1, -0.05) is 23.7 Å². The van der Waals surface area contributed by atoms with Gasteiger partial charge in [0, 0.05) is 6.54 Å². The summed E-state index contributed by atoms with van der Waals surface area (Å²) in [6, 6.07) is 7.92. The maximum Gasteiger partial charge on any atom is 0.416 e. The zero-order valence-corrected chi connectivity index (χ0v) is 12.9. The van der Waals surface area contributed by atoms with E-state index in [-0.39, 0.29) is 23.9 Å². The predicted molar refractivity (Wildman–Crippen MR) is 80.2 cm³/mol. The summed E-state index contributed by atoms with van der Waals surface area (Å²) in [5, 5.41) is 2.53. The second-order valence-electron chi connectivity index (χ2n) is 4.83. The minimum atomic E-state index is -4.40. The molecule has 2 aromatic rings. The summed E-state index contributed by atoms with van der Waals surface area (Å²) < 4.78 is 55.3. The number of hydrogen-bond donors (Lipinski definition) is 1. The molecular formula is C16H12ClF4NO2. The van der Waals surface area contributed by atoms with E-state index in [1.807, 2.05) is 0 Å². The molecule has 0 saturated heterocycles. The molecule has 3 nitrogen and oxygen atoms in total. The maximum absolute atomic E-state index is 12.9. The van der Waals surface area contributed by atoms with E-state index in [2.05, 4.69) is 5.32 Å². The Morgan fingerprint density at radius 1 is 1.12 bits per heavy atom. The lowest BCUT2D eigenvalue weighted by molar-refractivity contribution is -0.137. The van der Waals surface area contributed by atoms with Crippen molar-refractivity contribution in [3.05, 3.63) is 64.4 Å². The van der Waals surface area contributed by atoms with Gasteiger partial charge in [0.2, 0.25) is 0 Å². The van der Waals surface area contributed by atoms with Crippen LogP contribution in [0.25, 0.3) is 0 Å². The van der Waals surface area contributed by atoms with Crippen LogP contribution in [0.3, 0.4) is 0 Å². The Labute approximate surface area is 140 Å². The molecule has 2 rings (SSSR count). The lowest BCUT2D eigenvalue weighted by atomic mass is 10.1. The highest BCUT2D eigenvalue weighted by atomic mass is 35.5. The summed E-state index contributed by atoms with van der Waals surface area (Å²) in [7, 11) is 0. The standard InChI is InChI=1S/C16H12ClF4NO2/c17-13-7-12(18)5-6-14(13)24-9-15(23)22-8-10-1-3-11(4-2-10)16(19,20)21/h1-7H,8-9H2,(H,22,23). The van der Waals surface area contributed by atoms with Crippen LogP contribution in [0.5, 0.6) is 5.75 Å². The Morgan fingerprint density at radius 2 is 1.79 bits per heavy atom. The van der Waals surface area contributed by atoms with Gasteiger partial charge in [-0.2, -0.15) is 13.2 Å².